The summed E-state index contributed by atoms with van der Waals surface area (Å²) in [4.78, 5) is 11.3. The van der Waals surface area contributed by atoms with Crippen molar-refractivity contribution in [1.29, 1.82) is 0 Å². The van der Waals surface area contributed by atoms with Crippen LogP contribution in [0.15, 0.2) is 65.6 Å². The third-order valence-electron chi connectivity index (χ3n) is 5.13. The van der Waals surface area contributed by atoms with E-state index in [9.17, 15) is 22.7 Å². The van der Waals surface area contributed by atoms with Crippen LogP contribution in [0, 0.1) is 19.7 Å². The summed E-state index contributed by atoms with van der Waals surface area (Å²) in [5.41, 5.74) is 2.87. The van der Waals surface area contributed by atoms with Gasteiger partial charge in [0, 0.05) is 6.54 Å². The smallest absolute Gasteiger partial charge is 0.336 e. The van der Waals surface area contributed by atoms with Crippen LogP contribution < -0.4 is 9.46 Å². The van der Waals surface area contributed by atoms with E-state index >= 15 is 0 Å². The van der Waals surface area contributed by atoms with Crippen molar-refractivity contribution in [3.05, 3.63) is 94.3 Å². The number of halogens is 1. The Balaban J connectivity index is 1.56. The van der Waals surface area contributed by atoms with Crippen LogP contribution in [0.4, 0.5) is 4.39 Å². The van der Waals surface area contributed by atoms with E-state index in [-0.39, 0.29) is 22.8 Å². The van der Waals surface area contributed by atoms with E-state index in [1.807, 2.05) is 12.1 Å². The van der Waals surface area contributed by atoms with Crippen molar-refractivity contribution in [3.63, 3.8) is 0 Å². The topological polar surface area (TPSA) is 92.7 Å². The third kappa shape index (κ3) is 5.93. The molecule has 32 heavy (non-hydrogen) atoms. The average Bonchev–Trinajstić information content (AvgIpc) is 2.75. The Labute approximate surface area is 186 Å². The second kappa shape index (κ2) is 9.93. The summed E-state index contributed by atoms with van der Waals surface area (Å²) in [6, 6.07) is 16.0. The molecule has 0 bridgehead atoms. The Morgan fingerprint density at radius 3 is 2.25 bits per heavy atom. The lowest BCUT2D eigenvalue weighted by Gasteiger charge is -2.11. The van der Waals surface area contributed by atoms with E-state index < -0.39 is 16.0 Å². The number of aryl methyl sites for hydroxylation is 1. The molecule has 0 spiro atoms. The van der Waals surface area contributed by atoms with Gasteiger partial charge >= 0.3 is 5.97 Å². The second-order valence-corrected chi connectivity index (χ2v) is 9.19. The fraction of sp³-hybridized carbons (Fsp3) is 0.208. The van der Waals surface area contributed by atoms with Crippen LogP contribution in [-0.2, 0) is 23.1 Å². The molecule has 0 atom stereocenters. The van der Waals surface area contributed by atoms with Crippen LogP contribution in [0.1, 0.15) is 32.6 Å². The van der Waals surface area contributed by atoms with E-state index in [4.69, 9.17) is 4.74 Å². The highest BCUT2D eigenvalue weighted by Crippen LogP contribution is 2.20. The maximum absolute atomic E-state index is 12.9. The minimum atomic E-state index is -3.84. The molecule has 168 valence electrons. The van der Waals surface area contributed by atoms with Crippen molar-refractivity contribution < 1.29 is 27.4 Å². The molecular weight excluding hydrogens is 433 g/mol. The Bertz CT molecular complexity index is 1210. The number of rotatable bonds is 9. The summed E-state index contributed by atoms with van der Waals surface area (Å²) in [6.45, 7) is 3.80. The van der Waals surface area contributed by atoms with Crippen molar-refractivity contribution in [1.82, 2.24) is 4.72 Å². The number of carboxylic acids is 1. The molecule has 0 aliphatic heterocycles. The first kappa shape index (κ1) is 23.4. The first-order valence-corrected chi connectivity index (χ1v) is 11.4. The first-order valence-electron chi connectivity index (χ1n) is 9.96. The summed E-state index contributed by atoms with van der Waals surface area (Å²) in [7, 11) is -3.84. The molecule has 0 radical (unpaired) electrons. The first-order chi connectivity index (χ1) is 15.2. The minimum absolute atomic E-state index is 0.0263. The van der Waals surface area contributed by atoms with Crippen LogP contribution in [0.5, 0.6) is 5.75 Å². The van der Waals surface area contributed by atoms with Gasteiger partial charge in [0.2, 0.25) is 10.0 Å². The lowest BCUT2D eigenvalue weighted by Crippen LogP contribution is -2.26. The predicted molar refractivity (Wildman–Crippen MR) is 119 cm³/mol. The minimum Gasteiger partial charge on any atom is -0.489 e. The fourth-order valence-electron chi connectivity index (χ4n) is 3.12. The van der Waals surface area contributed by atoms with Crippen molar-refractivity contribution >= 4 is 16.0 Å². The molecule has 0 fully saturated rings. The quantitative estimate of drug-likeness (QED) is 0.501. The number of carbonyl (C=O) groups is 1. The van der Waals surface area contributed by atoms with Crippen molar-refractivity contribution in [2.75, 3.05) is 6.54 Å². The number of ether oxygens (including phenoxy) is 1. The van der Waals surface area contributed by atoms with Gasteiger partial charge in [-0.3, -0.25) is 0 Å². The number of nitrogens with one attached hydrogen (secondary N) is 1. The lowest BCUT2D eigenvalue weighted by atomic mass is 10.0. The highest BCUT2D eigenvalue weighted by molar-refractivity contribution is 7.89. The number of benzene rings is 3. The van der Waals surface area contributed by atoms with Crippen molar-refractivity contribution in [2.24, 2.45) is 0 Å². The molecule has 6 nitrogen and oxygen atoms in total. The van der Waals surface area contributed by atoms with Crippen molar-refractivity contribution in [3.8, 4) is 5.75 Å². The van der Waals surface area contributed by atoms with Gasteiger partial charge < -0.3 is 9.84 Å². The Morgan fingerprint density at radius 2 is 1.62 bits per heavy atom. The molecule has 0 heterocycles. The molecule has 0 saturated carbocycles. The molecule has 0 aliphatic carbocycles. The number of hydrogen-bond acceptors (Lipinski definition) is 4. The molecule has 8 heteroatoms. The van der Waals surface area contributed by atoms with Gasteiger partial charge in [0.25, 0.3) is 0 Å². The van der Waals surface area contributed by atoms with Crippen LogP contribution in [-0.4, -0.2) is 26.0 Å². The predicted octanol–water partition coefficient (Wildman–Crippen LogP) is 4.24. The maximum atomic E-state index is 12.9. The number of sulfonamides is 1. The number of carboxylic acid groups (broad SMARTS) is 1. The summed E-state index contributed by atoms with van der Waals surface area (Å²) in [5, 5.41) is 9.30. The molecular formula is C24H24FNO5S. The zero-order chi connectivity index (χ0) is 23.3. The highest BCUT2D eigenvalue weighted by Gasteiger charge is 2.19. The Kier molecular flexibility index (Phi) is 7.27. The van der Waals surface area contributed by atoms with Crippen LogP contribution >= 0.6 is 0 Å². The van der Waals surface area contributed by atoms with E-state index in [1.54, 1.807) is 38.1 Å². The Hall–Kier alpha value is -3.23. The molecule has 0 unspecified atom stereocenters. The van der Waals surface area contributed by atoms with Gasteiger partial charge in [0.15, 0.2) is 0 Å². The summed E-state index contributed by atoms with van der Waals surface area (Å²) in [6.07, 6.45) is 0.452. The van der Waals surface area contributed by atoms with Gasteiger partial charge in [-0.05, 0) is 78.9 Å². The van der Waals surface area contributed by atoms with E-state index in [0.29, 0.717) is 29.9 Å². The zero-order valence-corrected chi connectivity index (χ0v) is 18.6. The van der Waals surface area contributed by atoms with Gasteiger partial charge in [-0.15, -0.1) is 0 Å². The van der Waals surface area contributed by atoms with Crippen LogP contribution in [0.2, 0.25) is 0 Å². The lowest BCUT2D eigenvalue weighted by molar-refractivity contribution is 0.0695. The van der Waals surface area contributed by atoms with E-state index in [0.717, 1.165) is 11.1 Å². The third-order valence-corrected chi connectivity index (χ3v) is 6.57. The number of aromatic carboxylic acids is 1. The van der Waals surface area contributed by atoms with Crippen LogP contribution in [0.25, 0.3) is 0 Å². The standard InChI is InChI=1S/C24H24FNO5S/c1-16-13-22(14-23(17(16)2)24(27)28)32(29,30)26-12-11-18-5-9-21(10-6-18)31-15-19-3-7-20(25)8-4-19/h3-10,13-14,26H,11-12,15H2,1-2H3,(H,27,28). The van der Waals surface area contributed by atoms with Crippen molar-refractivity contribution in [2.45, 2.75) is 31.8 Å². The monoisotopic (exact) mass is 457 g/mol. The van der Waals surface area contributed by atoms with Gasteiger partial charge in [0.1, 0.15) is 18.2 Å². The van der Waals surface area contributed by atoms with Crippen LogP contribution in [0.3, 0.4) is 0 Å². The van der Waals surface area contributed by atoms with E-state index in [1.165, 1.54) is 24.3 Å². The van der Waals surface area contributed by atoms with Gasteiger partial charge in [-0.1, -0.05) is 24.3 Å². The van der Waals surface area contributed by atoms with Gasteiger partial charge in [-0.25, -0.2) is 22.3 Å². The maximum Gasteiger partial charge on any atom is 0.336 e. The van der Waals surface area contributed by atoms with E-state index in [2.05, 4.69) is 4.72 Å². The largest absolute Gasteiger partial charge is 0.489 e. The van der Waals surface area contributed by atoms with Gasteiger partial charge in [0.05, 0.1) is 10.5 Å². The molecule has 3 rings (SSSR count). The molecule has 0 amide bonds. The SMILES string of the molecule is Cc1cc(S(=O)(=O)NCCc2ccc(OCc3ccc(F)cc3)cc2)cc(C(=O)O)c1C. The summed E-state index contributed by atoms with van der Waals surface area (Å²) < 4.78 is 46.4. The Morgan fingerprint density at radius 1 is 1.00 bits per heavy atom. The second-order valence-electron chi connectivity index (χ2n) is 7.42. The molecule has 0 aromatic heterocycles. The molecule has 0 saturated heterocycles. The van der Waals surface area contributed by atoms with Gasteiger partial charge in [-0.2, -0.15) is 0 Å². The average molecular weight is 458 g/mol. The molecule has 0 aliphatic rings. The molecule has 3 aromatic rings. The fourth-order valence-corrected chi connectivity index (χ4v) is 4.26. The summed E-state index contributed by atoms with van der Waals surface area (Å²) >= 11 is 0. The molecule has 3 aromatic carbocycles. The zero-order valence-electron chi connectivity index (χ0n) is 17.8. The molecule has 2 N–H and O–H groups in total. The highest BCUT2D eigenvalue weighted by atomic mass is 32.2. The number of hydrogen-bond donors (Lipinski definition) is 2. The summed E-state index contributed by atoms with van der Waals surface area (Å²) in [5.74, 6) is -0.812. The normalized spacial score (nSPS) is 11.3.